The fourth-order valence-corrected chi connectivity index (χ4v) is 1.34. The molecule has 0 bridgehead atoms. The number of aromatic nitrogens is 2. The largest absolute Gasteiger partial charge is 0.443 e. The minimum atomic E-state index is 0.236. The van der Waals surface area contributed by atoms with E-state index in [0.717, 1.165) is 0 Å². The zero-order chi connectivity index (χ0) is 10.4. The molecule has 76 valence electrons. The van der Waals surface area contributed by atoms with Gasteiger partial charge in [0, 0.05) is 6.07 Å². The molecule has 0 saturated carbocycles. The number of nitrogens with zero attached hydrogens (tertiary/aromatic N) is 2. The van der Waals surface area contributed by atoms with Crippen molar-refractivity contribution in [2.24, 2.45) is 0 Å². The van der Waals surface area contributed by atoms with Gasteiger partial charge in [-0.25, -0.2) is 4.98 Å². The van der Waals surface area contributed by atoms with Crippen LogP contribution < -0.4 is 5.73 Å². The van der Waals surface area contributed by atoms with E-state index in [9.17, 15) is 0 Å². The Morgan fingerprint density at radius 1 is 1.40 bits per heavy atom. The Bertz CT molecular complexity index is 619. The maximum absolute atomic E-state index is 5.54. The highest BCUT2D eigenvalue weighted by Gasteiger charge is 2.15. The van der Waals surface area contributed by atoms with Crippen LogP contribution in [0.1, 0.15) is 5.76 Å². The van der Waals surface area contributed by atoms with Crippen molar-refractivity contribution in [3.05, 3.63) is 18.1 Å². The maximum Gasteiger partial charge on any atom is 0.250 e. The number of oxazole rings is 1. The molecular weight excluding hydrogens is 198 g/mol. The van der Waals surface area contributed by atoms with Gasteiger partial charge in [0.15, 0.2) is 16.8 Å². The second kappa shape index (κ2) is 2.63. The van der Waals surface area contributed by atoms with Crippen molar-refractivity contribution >= 4 is 17.0 Å². The van der Waals surface area contributed by atoms with Crippen LogP contribution in [-0.4, -0.2) is 10.1 Å². The highest BCUT2D eigenvalue weighted by atomic mass is 16.5. The minimum absolute atomic E-state index is 0.236. The van der Waals surface area contributed by atoms with Crippen LogP contribution in [0, 0.1) is 6.92 Å². The van der Waals surface area contributed by atoms with Gasteiger partial charge in [0.1, 0.15) is 12.0 Å². The summed E-state index contributed by atoms with van der Waals surface area (Å²) < 4.78 is 15.2. The predicted octanol–water partition coefficient (Wildman–Crippen LogP) is 1.97. The van der Waals surface area contributed by atoms with Gasteiger partial charge in [0.05, 0.1) is 0 Å². The molecule has 15 heavy (non-hydrogen) atoms. The molecular formula is C9H7N3O3. The molecule has 0 radical (unpaired) electrons. The van der Waals surface area contributed by atoms with E-state index in [2.05, 4.69) is 10.1 Å². The Balaban J connectivity index is 2.19. The molecule has 0 unspecified atom stereocenters. The van der Waals surface area contributed by atoms with Gasteiger partial charge in [-0.3, -0.25) is 0 Å². The molecule has 3 aromatic rings. The van der Waals surface area contributed by atoms with Crippen molar-refractivity contribution in [2.75, 3.05) is 5.73 Å². The van der Waals surface area contributed by atoms with Crippen molar-refractivity contribution in [3.63, 3.8) is 0 Å². The van der Waals surface area contributed by atoms with Gasteiger partial charge >= 0.3 is 0 Å². The third-order valence-electron chi connectivity index (χ3n) is 2.03. The molecule has 0 spiro atoms. The lowest BCUT2D eigenvalue weighted by Crippen LogP contribution is -1.81. The molecule has 0 aliphatic rings. The number of fused-ring (bicyclic) bond motifs is 1. The average Bonchev–Trinajstić information content (AvgIpc) is 2.84. The van der Waals surface area contributed by atoms with Gasteiger partial charge in [-0.2, -0.15) is 0 Å². The van der Waals surface area contributed by atoms with Crippen LogP contribution in [0.25, 0.3) is 22.7 Å². The number of aryl methyl sites for hydroxylation is 1. The molecule has 0 aliphatic carbocycles. The normalized spacial score (nSPS) is 11.3. The third-order valence-corrected chi connectivity index (χ3v) is 2.03. The molecule has 3 aromatic heterocycles. The number of rotatable bonds is 1. The second-order valence-corrected chi connectivity index (χ2v) is 3.15. The highest BCUT2D eigenvalue weighted by molar-refractivity contribution is 5.83. The molecule has 3 rings (SSSR count). The van der Waals surface area contributed by atoms with E-state index in [1.54, 1.807) is 13.0 Å². The molecule has 6 heteroatoms. The van der Waals surface area contributed by atoms with Crippen LogP contribution in [-0.2, 0) is 0 Å². The summed E-state index contributed by atoms with van der Waals surface area (Å²) in [6.45, 7) is 1.79. The van der Waals surface area contributed by atoms with Crippen molar-refractivity contribution in [1.29, 1.82) is 0 Å². The van der Waals surface area contributed by atoms with E-state index in [1.165, 1.54) is 6.26 Å². The fourth-order valence-electron chi connectivity index (χ4n) is 1.34. The van der Waals surface area contributed by atoms with Crippen LogP contribution in [0.5, 0.6) is 0 Å². The summed E-state index contributed by atoms with van der Waals surface area (Å²) in [6.07, 6.45) is 1.41. The standard InChI is InChI=1S/C9H7N3O3/c1-4-2-5(12-15-4)9-11-7-6(14-9)3-13-8(7)10/h2-3H,10H2,1H3. The highest BCUT2D eigenvalue weighted by Crippen LogP contribution is 2.28. The zero-order valence-corrected chi connectivity index (χ0v) is 7.85. The van der Waals surface area contributed by atoms with Crippen LogP contribution in [0.3, 0.4) is 0 Å². The Hall–Kier alpha value is -2.24. The summed E-state index contributed by atoms with van der Waals surface area (Å²) in [5, 5.41) is 3.79. The Kier molecular flexibility index (Phi) is 1.42. The summed E-state index contributed by atoms with van der Waals surface area (Å²) in [5.74, 6) is 1.31. The number of nitrogens with two attached hydrogens (primary N) is 1. The first-order valence-electron chi connectivity index (χ1n) is 4.31. The number of hydrogen-bond acceptors (Lipinski definition) is 6. The van der Waals surface area contributed by atoms with E-state index in [4.69, 9.17) is 19.1 Å². The topological polar surface area (TPSA) is 91.2 Å². The smallest absolute Gasteiger partial charge is 0.250 e. The van der Waals surface area contributed by atoms with Crippen molar-refractivity contribution < 1.29 is 13.4 Å². The zero-order valence-electron chi connectivity index (χ0n) is 7.85. The van der Waals surface area contributed by atoms with Gasteiger partial charge in [-0.1, -0.05) is 5.16 Å². The molecule has 0 amide bonds. The van der Waals surface area contributed by atoms with E-state index < -0.39 is 0 Å². The van der Waals surface area contributed by atoms with Crippen molar-refractivity contribution in [2.45, 2.75) is 6.92 Å². The van der Waals surface area contributed by atoms with E-state index in [-0.39, 0.29) is 5.88 Å². The molecule has 0 aliphatic heterocycles. The number of nitrogen functional groups attached to an aromatic ring is 1. The van der Waals surface area contributed by atoms with Crippen molar-refractivity contribution in [1.82, 2.24) is 10.1 Å². The number of hydrogen-bond donors (Lipinski definition) is 1. The predicted molar refractivity (Wildman–Crippen MR) is 50.9 cm³/mol. The van der Waals surface area contributed by atoms with E-state index in [0.29, 0.717) is 28.4 Å². The molecule has 2 N–H and O–H groups in total. The van der Waals surface area contributed by atoms with Gasteiger partial charge < -0.3 is 19.1 Å². The van der Waals surface area contributed by atoms with Gasteiger partial charge in [0.25, 0.3) is 0 Å². The SMILES string of the molecule is Cc1cc(-c2nc3c(N)occ3o2)no1. The molecule has 3 heterocycles. The van der Waals surface area contributed by atoms with Crippen LogP contribution in [0.4, 0.5) is 5.88 Å². The maximum atomic E-state index is 5.54. The van der Waals surface area contributed by atoms with Crippen LogP contribution in [0.15, 0.2) is 25.7 Å². The van der Waals surface area contributed by atoms with Gasteiger partial charge in [-0.15, -0.1) is 0 Å². The quantitative estimate of drug-likeness (QED) is 0.652. The first kappa shape index (κ1) is 8.10. The molecule has 6 nitrogen and oxygen atoms in total. The lowest BCUT2D eigenvalue weighted by atomic mass is 10.4. The van der Waals surface area contributed by atoms with E-state index in [1.807, 2.05) is 0 Å². The summed E-state index contributed by atoms with van der Waals surface area (Å²) in [5.41, 5.74) is 7.09. The average molecular weight is 205 g/mol. The lowest BCUT2D eigenvalue weighted by Gasteiger charge is -1.83. The van der Waals surface area contributed by atoms with Gasteiger partial charge in [0.2, 0.25) is 11.8 Å². The van der Waals surface area contributed by atoms with Gasteiger partial charge in [-0.05, 0) is 6.92 Å². The minimum Gasteiger partial charge on any atom is -0.443 e. The lowest BCUT2D eigenvalue weighted by molar-refractivity contribution is 0.397. The van der Waals surface area contributed by atoms with E-state index >= 15 is 0 Å². The summed E-state index contributed by atoms with van der Waals surface area (Å²) >= 11 is 0. The Morgan fingerprint density at radius 2 is 2.27 bits per heavy atom. The van der Waals surface area contributed by atoms with Crippen molar-refractivity contribution in [3.8, 4) is 11.6 Å². The molecule has 0 fully saturated rings. The first-order chi connectivity index (χ1) is 7.24. The fraction of sp³-hybridized carbons (Fsp3) is 0.111. The molecule has 0 atom stereocenters. The monoisotopic (exact) mass is 205 g/mol. The first-order valence-corrected chi connectivity index (χ1v) is 4.31. The summed E-state index contributed by atoms with van der Waals surface area (Å²) in [6, 6.07) is 1.73. The third kappa shape index (κ3) is 1.11. The second-order valence-electron chi connectivity index (χ2n) is 3.15. The molecule has 0 saturated heterocycles. The number of furan rings is 1. The summed E-state index contributed by atoms with van der Waals surface area (Å²) in [7, 11) is 0. The Labute approximate surface area is 83.6 Å². The van der Waals surface area contributed by atoms with Crippen LogP contribution in [0.2, 0.25) is 0 Å². The van der Waals surface area contributed by atoms with Crippen LogP contribution >= 0.6 is 0 Å². The number of anilines is 1. The molecule has 0 aromatic carbocycles. The summed E-state index contributed by atoms with van der Waals surface area (Å²) in [4.78, 5) is 4.15. The Morgan fingerprint density at radius 3 is 2.93 bits per heavy atom.